The molecular weight excluding hydrogens is 318 g/mol. The first-order valence-electron chi connectivity index (χ1n) is 8.83. The van der Waals surface area contributed by atoms with E-state index in [0.29, 0.717) is 6.42 Å². The second-order valence-corrected chi connectivity index (χ2v) is 6.88. The number of anilines is 1. The SMILES string of the molecule is CN(C)c1ccc(C(=O)Cc2cccc3cc4ccccc4cc23)cc1. The van der Waals surface area contributed by atoms with Gasteiger partial charge in [0.1, 0.15) is 0 Å². The number of fused-ring (bicyclic) bond motifs is 2. The van der Waals surface area contributed by atoms with Crippen LogP contribution in [0.15, 0.2) is 78.9 Å². The van der Waals surface area contributed by atoms with Crippen molar-refractivity contribution in [2.75, 3.05) is 19.0 Å². The normalized spacial score (nSPS) is 11.0. The van der Waals surface area contributed by atoms with Gasteiger partial charge < -0.3 is 4.90 Å². The molecular formula is C24H21NO. The van der Waals surface area contributed by atoms with E-state index in [1.165, 1.54) is 16.2 Å². The molecule has 0 unspecified atom stereocenters. The standard InChI is InChI=1S/C24H21NO/c1-25(2)22-12-10-17(11-13-22)24(26)16-21-9-5-8-20-14-18-6-3-4-7-19(18)15-23(20)21/h3-15H,16H2,1-2H3. The second kappa shape index (κ2) is 6.64. The molecule has 4 aromatic carbocycles. The van der Waals surface area contributed by atoms with E-state index in [0.717, 1.165) is 22.2 Å². The summed E-state index contributed by atoms with van der Waals surface area (Å²) in [6.07, 6.45) is 0.414. The zero-order chi connectivity index (χ0) is 18.1. The summed E-state index contributed by atoms with van der Waals surface area (Å²) in [5.74, 6) is 0.149. The molecule has 0 aromatic heterocycles. The van der Waals surface area contributed by atoms with E-state index in [4.69, 9.17) is 0 Å². The average Bonchev–Trinajstić information content (AvgIpc) is 2.67. The van der Waals surface area contributed by atoms with Gasteiger partial charge in [0.05, 0.1) is 0 Å². The fourth-order valence-corrected chi connectivity index (χ4v) is 3.41. The Morgan fingerprint density at radius 3 is 2.12 bits per heavy atom. The Morgan fingerprint density at radius 1 is 0.769 bits per heavy atom. The Kier molecular flexibility index (Phi) is 4.18. The molecule has 26 heavy (non-hydrogen) atoms. The van der Waals surface area contributed by atoms with Gasteiger partial charge in [0.25, 0.3) is 0 Å². The van der Waals surface area contributed by atoms with E-state index < -0.39 is 0 Å². The van der Waals surface area contributed by atoms with Crippen LogP contribution < -0.4 is 4.90 Å². The van der Waals surface area contributed by atoms with Crippen LogP contribution in [0.25, 0.3) is 21.5 Å². The molecule has 0 aliphatic rings. The van der Waals surface area contributed by atoms with Gasteiger partial charge >= 0.3 is 0 Å². The largest absolute Gasteiger partial charge is 0.378 e. The van der Waals surface area contributed by atoms with Crippen LogP contribution in [0, 0.1) is 0 Å². The smallest absolute Gasteiger partial charge is 0.167 e. The molecule has 0 spiro atoms. The lowest BCUT2D eigenvalue weighted by atomic mass is 9.95. The number of ketones is 1. The van der Waals surface area contributed by atoms with E-state index >= 15 is 0 Å². The van der Waals surface area contributed by atoms with Gasteiger partial charge in [-0.3, -0.25) is 4.79 Å². The summed E-state index contributed by atoms with van der Waals surface area (Å²) in [6.45, 7) is 0. The topological polar surface area (TPSA) is 20.3 Å². The van der Waals surface area contributed by atoms with Crippen molar-refractivity contribution in [3.8, 4) is 0 Å². The van der Waals surface area contributed by atoms with Gasteiger partial charge in [-0.1, -0.05) is 42.5 Å². The third-order valence-corrected chi connectivity index (χ3v) is 4.89. The third-order valence-electron chi connectivity index (χ3n) is 4.89. The van der Waals surface area contributed by atoms with Crippen molar-refractivity contribution in [1.82, 2.24) is 0 Å². The van der Waals surface area contributed by atoms with E-state index in [1.807, 2.05) is 55.4 Å². The molecule has 0 aliphatic carbocycles. The van der Waals surface area contributed by atoms with Crippen molar-refractivity contribution in [2.24, 2.45) is 0 Å². The van der Waals surface area contributed by atoms with Gasteiger partial charge in [-0.2, -0.15) is 0 Å². The summed E-state index contributed by atoms with van der Waals surface area (Å²) in [5.41, 5.74) is 2.93. The van der Waals surface area contributed by atoms with Gasteiger partial charge in [-0.25, -0.2) is 0 Å². The van der Waals surface area contributed by atoms with Crippen molar-refractivity contribution in [1.29, 1.82) is 0 Å². The van der Waals surface area contributed by atoms with Crippen LogP contribution in [0.4, 0.5) is 5.69 Å². The van der Waals surface area contributed by atoms with Gasteiger partial charge in [0.15, 0.2) is 5.78 Å². The number of benzene rings is 4. The Bertz CT molecular complexity index is 1090. The lowest BCUT2D eigenvalue weighted by molar-refractivity contribution is 0.0993. The van der Waals surface area contributed by atoms with Crippen LogP contribution in [0.5, 0.6) is 0 Å². The number of rotatable bonds is 4. The first-order valence-corrected chi connectivity index (χ1v) is 8.83. The first kappa shape index (κ1) is 16.3. The van der Waals surface area contributed by atoms with Gasteiger partial charge in [-0.15, -0.1) is 0 Å². The zero-order valence-electron chi connectivity index (χ0n) is 15.1. The van der Waals surface area contributed by atoms with E-state index in [9.17, 15) is 4.79 Å². The summed E-state index contributed by atoms with van der Waals surface area (Å²) in [7, 11) is 3.99. The molecule has 0 bridgehead atoms. The van der Waals surface area contributed by atoms with Crippen LogP contribution >= 0.6 is 0 Å². The fraction of sp³-hybridized carbons (Fsp3) is 0.125. The number of Topliss-reactive ketones (excluding diaryl/α,β-unsaturated/α-hetero) is 1. The summed E-state index contributed by atoms with van der Waals surface area (Å²) in [4.78, 5) is 14.8. The summed E-state index contributed by atoms with van der Waals surface area (Å²) < 4.78 is 0. The molecule has 0 saturated heterocycles. The summed E-state index contributed by atoms with van der Waals surface area (Å²) in [6, 6.07) is 26.8. The number of hydrogen-bond acceptors (Lipinski definition) is 2. The Balaban J connectivity index is 1.70. The molecule has 0 aliphatic heterocycles. The quantitative estimate of drug-likeness (QED) is 0.362. The molecule has 0 radical (unpaired) electrons. The number of nitrogens with zero attached hydrogens (tertiary/aromatic N) is 1. The average molecular weight is 339 g/mol. The molecule has 0 fully saturated rings. The molecule has 0 heterocycles. The van der Waals surface area contributed by atoms with Crippen LogP contribution in [0.1, 0.15) is 15.9 Å². The van der Waals surface area contributed by atoms with Crippen molar-refractivity contribution < 1.29 is 4.79 Å². The van der Waals surface area contributed by atoms with Crippen LogP contribution in [-0.2, 0) is 6.42 Å². The Labute approximate surface area is 153 Å². The van der Waals surface area contributed by atoms with Crippen LogP contribution in [0.3, 0.4) is 0 Å². The lowest BCUT2D eigenvalue weighted by Gasteiger charge is -2.12. The minimum absolute atomic E-state index is 0.149. The van der Waals surface area contributed by atoms with Crippen molar-refractivity contribution in [3.63, 3.8) is 0 Å². The van der Waals surface area contributed by atoms with Crippen molar-refractivity contribution in [2.45, 2.75) is 6.42 Å². The molecule has 128 valence electrons. The molecule has 4 aromatic rings. The third kappa shape index (κ3) is 3.06. The molecule has 0 amide bonds. The highest BCUT2D eigenvalue weighted by molar-refractivity contribution is 6.03. The number of carbonyl (C=O) groups is 1. The van der Waals surface area contributed by atoms with Crippen molar-refractivity contribution >= 4 is 33.0 Å². The van der Waals surface area contributed by atoms with Crippen LogP contribution in [0.2, 0.25) is 0 Å². The maximum absolute atomic E-state index is 12.8. The Morgan fingerprint density at radius 2 is 1.42 bits per heavy atom. The maximum Gasteiger partial charge on any atom is 0.167 e. The molecule has 2 nitrogen and oxygen atoms in total. The van der Waals surface area contributed by atoms with Gasteiger partial charge in [-0.05, 0) is 63.5 Å². The van der Waals surface area contributed by atoms with Crippen LogP contribution in [-0.4, -0.2) is 19.9 Å². The number of carbonyl (C=O) groups excluding carboxylic acids is 1. The predicted molar refractivity (Wildman–Crippen MR) is 110 cm³/mol. The van der Waals surface area contributed by atoms with E-state index in [2.05, 4.69) is 42.5 Å². The highest BCUT2D eigenvalue weighted by Gasteiger charge is 2.10. The van der Waals surface area contributed by atoms with Crippen molar-refractivity contribution in [3.05, 3.63) is 90.0 Å². The first-order chi connectivity index (χ1) is 12.6. The molecule has 0 atom stereocenters. The van der Waals surface area contributed by atoms with Gasteiger partial charge in [0, 0.05) is 31.8 Å². The van der Waals surface area contributed by atoms with E-state index in [-0.39, 0.29) is 5.78 Å². The maximum atomic E-state index is 12.8. The minimum atomic E-state index is 0.149. The molecule has 0 saturated carbocycles. The number of hydrogen-bond donors (Lipinski definition) is 0. The summed E-state index contributed by atoms with van der Waals surface area (Å²) >= 11 is 0. The predicted octanol–water partition coefficient (Wildman–Crippen LogP) is 5.48. The van der Waals surface area contributed by atoms with E-state index in [1.54, 1.807) is 0 Å². The molecule has 2 heteroatoms. The Hall–Kier alpha value is -3.13. The van der Waals surface area contributed by atoms with Gasteiger partial charge in [0.2, 0.25) is 0 Å². The highest BCUT2D eigenvalue weighted by Crippen LogP contribution is 2.26. The lowest BCUT2D eigenvalue weighted by Crippen LogP contribution is -2.09. The molecule has 0 N–H and O–H groups in total. The minimum Gasteiger partial charge on any atom is -0.378 e. The fourth-order valence-electron chi connectivity index (χ4n) is 3.41. The zero-order valence-corrected chi connectivity index (χ0v) is 15.1. The second-order valence-electron chi connectivity index (χ2n) is 6.88. The highest BCUT2D eigenvalue weighted by atomic mass is 16.1. The summed E-state index contributed by atoms with van der Waals surface area (Å²) in [5, 5.41) is 4.76. The monoisotopic (exact) mass is 339 g/mol. The molecule has 4 rings (SSSR count).